The van der Waals surface area contributed by atoms with Crippen molar-refractivity contribution in [3.63, 3.8) is 0 Å². The van der Waals surface area contributed by atoms with Gasteiger partial charge in [0.2, 0.25) is 0 Å². The van der Waals surface area contributed by atoms with E-state index < -0.39 is 30.3 Å². The lowest BCUT2D eigenvalue weighted by Crippen LogP contribution is -2.23. The van der Waals surface area contributed by atoms with Gasteiger partial charge in [0, 0.05) is 18.5 Å². The summed E-state index contributed by atoms with van der Waals surface area (Å²) in [5, 5.41) is 17.9. The van der Waals surface area contributed by atoms with Crippen molar-refractivity contribution in [2.24, 2.45) is 5.41 Å². The number of rotatable bonds is 4. The molecule has 0 amide bonds. The van der Waals surface area contributed by atoms with Crippen molar-refractivity contribution in [1.82, 2.24) is 4.98 Å². The fourth-order valence-corrected chi connectivity index (χ4v) is 1.48. The average Bonchev–Trinajstić information content (AvgIpc) is 2.36. The Labute approximate surface area is 107 Å². The average molecular weight is 271 g/mol. The van der Waals surface area contributed by atoms with Crippen LogP contribution in [0.3, 0.4) is 0 Å². The minimum atomic E-state index is -4.44. The van der Waals surface area contributed by atoms with Gasteiger partial charge in [0.05, 0.1) is 18.3 Å². The third-order valence-corrected chi connectivity index (χ3v) is 2.53. The number of pyridine rings is 1. The molecule has 1 heterocycles. The Morgan fingerprint density at radius 1 is 1.11 bits per heavy atom. The smallest absolute Gasteiger partial charge is 0.258 e. The maximum absolute atomic E-state index is 12.6. The summed E-state index contributed by atoms with van der Waals surface area (Å²) in [4.78, 5) is 3.64. The Hall–Kier alpha value is -2.15. The SMILES string of the molecule is N#CC(C#N)(CCC(F)(F)F)Cc1ccc(F)cn1. The van der Waals surface area contributed by atoms with Gasteiger partial charge in [0.1, 0.15) is 11.2 Å². The van der Waals surface area contributed by atoms with E-state index in [0.717, 1.165) is 12.3 Å². The lowest BCUT2D eigenvalue weighted by Gasteiger charge is -2.18. The van der Waals surface area contributed by atoms with Gasteiger partial charge in [-0.3, -0.25) is 4.98 Å². The normalized spacial score (nSPS) is 11.7. The molecule has 19 heavy (non-hydrogen) atoms. The first kappa shape index (κ1) is 14.9. The van der Waals surface area contributed by atoms with Crippen LogP contribution in [-0.2, 0) is 6.42 Å². The van der Waals surface area contributed by atoms with E-state index in [9.17, 15) is 17.6 Å². The highest BCUT2D eigenvalue weighted by Crippen LogP contribution is 2.32. The summed E-state index contributed by atoms with van der Waals surface area (Å²) in [5.74, 6) is -0.599. The fraction of sp³-hybridized carbons (Fsp3) is 0.417. The molecule has 7 heteroatoms. The van der Waals surface area contributed by atoms with Gasteiger partial charge in [0.25, 0.3) is 0 Å². The standard InChI is InChI=1S/C12H9F4N3/c13-9-1-2-10(19-6-9)5-11(7-17,8-18)3-4-12(14,15)16/h1-2,6H,3-5H2. The van der Waals surface area contributed by atoms with Gasteiger partial charge < -0.3 is 0 Å². The van der Waals surface area contributed by atoms with Gasteiger partial charge in [0.15, 0.2) is 0 Å². The predicted octanol–water partition coefficient (Wildman–Crippen LogP) is 3.14. The summed E-state index contributed by atoms with van der Waals surface area (Å²) in [7, 11) is 0. The van der Waals surface area contributed by atoms with E-state index in [2.05, 4.69) is 4.98 Å². The molecule has 0 atom stereocenters. The van der Waals surface area contributed by atoms with Crippen molar-refractivity contribution >= 4 is 0 Å². The monoisotopic (exact) mass is 271 g/mol. The van der Waals surface area contributed by atoms with Crippen molar-refractivity contribution in [3.05, 3.63) is 29.8 Å². The van der Waals surface area contributed by atoms with Crippen molar-refractivity contribution in [1.29, 1.82) is 10.5 Å². The van der Waals surface area contributed by atoms with Gasteiger partial charge in [-0.1, -0.05) is 0 Å². The summed E-state index contributed by atoms with van der Waals surface area (Å²) < 4.78 is 49.1. The van der Waals surface area contributed by atoms with E-state index in [-0.39, 0.29) is 12.1 Å². The number of nitrogens with zero attached hydrogens (tertiary/aromatic N) is 3. The first-order valence-electron chi connectivity index (χ1n) is 5.30. The molecule has 1 rings (SSSR count). The molecule has 0 radical (unpaired) electrons. The zero-order valence-electron chi connectivity index (χ0n) is 9.71. The topological polar surface area (TPSA) is 60.5 Å². The van der Waals surface area contributed by atoms with E-state index in [1.54, 1.807) is 12.1 Å². The van der Waals surface area contributed by atoms with Crippen LogP contribution in [0.15, 0.2) is 18.3 Å². The van der Waals surface area contributed by atoms with Crippen molar-refractivity contribution in [2.75, 3.05) is 0 Å². The molecule has 0 fully saturated rings. The van der Waals surface area contributed by atoms with Crippen LogP contribution < -0.4 is 0 Å². The number of aromatic nitrogens is 1. The molecule has 0 aliphatic rings. The molecule has 0 N–H and O–H groups in total. The highest BCUT2D eigenvalue weighted by atomic mass is 19.4. The van der Waals surface area contributed by atoms with Crippen LogP contribution in [0.4, 0.5) is 17.6 Å². The molecular formula is C12H9F4N3. The minimum Gasteiger partial charge on any atom is -0.258 e. The van der Waals surface area contributed by atoms with Crippen LogP contribution in [0.2, 0.25) is 0 Å². The zero-order chi connectivity index (χ0) is 14.5. The van der Waals surface area contributed by atoms with E-state index in [0.29, 0.717) is 0 Å². The number of hydrogen-bond acceptors (Lipinski definition) is 3. The van der Waals surface area contributed by atoms with Gasteiger partial charge in [-0.05, 0) is 18.6 Å². The highest BCUT2D eigenvalue weighted by Gasteiger charge is 2.37. The molecule has 0 aliphatic heterocycles. The Bertz CT molecular complexity index is 494. The number of nitriles is 2. The van der Waals surface area contributed by atoms with E-state index in [1.165, 1.54) is 6.07 Å². The van der Waals surface area contributed by atoms with E-state index >= 15 is 0 Å². The first-order valence-corrected chi connectivity index (χ1v) is 5.30. The first-order chi connectivity index (χ1) is 8.80. The van der Waals surface area contributed by atoms with Crippen LogP contribution in [-0.4, -0.2) is 11.2 Å². The molecule has 0 bridgehead atoms. The summed E-state index contributed by atoms with van der Waals surface area (Å²) in [6, 6.07) is 5.53. The van der Waals surface area contributed by atoms with Gasteiger partial charge >= 0.3 is 6.18 Å². The third-order valence-electron chi connectivity index (χ3n) is 2.53. The molecule has 1 aromatic rings. The van der Waals surface area contributed by atoms with E-state index in [1.807, 2.05) is 0 Å². The lowest BCUT2D eigenvalue weighted by molar-refractivity contribution is -0.138. The highest BCUT2D eigenvalue weighted by molar-refractivity contribution is 5.20. The Morgan fingerprint density at radius 2 is 1.74 bits per heavy atom. The largest absolute Gasteiger partial charge is 0.389 e. The fourth-order valence-electron chi connectivity index (χ4n) is 1.48. The molecule has 100 valence electrons. The van der Waals surface area contributed by atoms with Gasteiger partial charge in [-0.2, -0.15) is 23.7 Å². The summed E-state index contributed by atoms with van der Waals surface area (Å²) >= 11 is 0. The van der Waals surface area contributed by atoms with Crippen LogP contribution in [0, 0.1) is 33.9 Å². The summed E-state index contributed by atoms with van der Waals surface area (Å²) in [6.07, 6.45) is -5.68. The van der Waals surface area contributed by atoms with Gasteiger partial charge in [-0.25, -0.2) is 4.39 Å². The third kappa shape index (κ3) is 4.55. The molecular weight excluding hydrogens is 262 g/mol. The Morgan fingerprint density at radius 3 is 2.16 bits per heavy atom. The molecule has 0 aromatic carbocycles. The van der Waals surface area contributed by atoms with Crippen molar-refractivity contribution in [2.45, 2.75) is 25.4 Å². The Kier molecular flexibility index (Phi) is 4.44. The molecule has 0 aliphatic carbocycles. The maximum Gasteiger partial charge on any atom is 0.389 e. The molecule has 3 nitrogen and oxygen atoms in total. The minimum absolute atomic E-state index is 0.201. The van der Waals surface area contributed by atoms with Crippen LogP contribution >= 0.6 is 0 Å². The van der Waals surface area contributed by atoms with Crippen molar-refractivity contribution < 1.29 is 17.6 Å². The quantitative estimate of drug-likeness (QED) is 0.790. The second-order valence-corrected chi connectivity index (χ2v) is 4.07. The second kappa shape index (κ2) is 5.66. The molecule has 0 saturated heterocycles. The van der Waals surface area contributed by atoms with E-state index in [4.69, 9.17) is 10.5 Å². The summed E-state index contributed by atoms with van der Waals surface area (Å²) in [6.45, 7) is 0. The maximum atomic E-state index is 12.6. The Balaban J connectivity index is 2.86. The number of alkyl halides is 3. The molecule has 0 saturated carbocycles. The molecule has 0 unspecified atom stereocenters. The summed E-state index contributed by atoms with van der Waals surface area (Å²) in [5.41, 5.74) is -1.60. The van der Waals surface area contributed by atoms with Crippen molar-refractivity contribution in [3.8, 4) is 12.1 Å². The predicted molar refractivity (Wildman–Crippen MR) is 56.8 cm³/mol. The van der Waals surface area contributed by atoms with Crippen LogP contribution in [0.5, 0.6) is 0 Å². The van der Waals surface area contributed by atoms with Crippen LogP contribution in [0.25, 0.3) is 0 Å². The molecule has 0 spiro atoms. The zero-order valence-corrected chi connectivity index (χ0v) is 9.71. The second-order valence-electron chi connectivity index (χ2n) is 4.07. The van der Waals surface area contributed by atoms with Crippen LogP contribution in [0.1, 0.15) is 18.5 Å². The number of halogens is 4. The number of hydrogen-bond donors (Lipinski definition) is 0. The lowest BCUT2D eigenvalue weighted by atomic mass is 9.81. The molecule has 1 aromatic heterocycles. The van der Waals surface area contributed by atoms with Gasteiger partial charge in [-0.15, -0.1) is 0 Å².